The van der Waals surface area contributed by atoms with E-state index in [-0.39, 0.29) is 28.1 Å². The number of hydrogen-bond donors (Lipinski definition) is 1. The van der Waals surface area contributed by atoms with Gasteiger partial charge in [-0.05, 0) is 68.9 Å². The molecule has 4 bridgehead atoms. The van der Waals surface area contributed by atoms with Crippen LogP contribution in [0.2, 0.25) is 0 Å². The lowest BCUT2D eigenvalue weighted by molar-refractivity contribution is -0.156. The van der Waals surface area contributed by atoms with Crippen molar-refractivity contribution in [2.24, 2.45) is 17.3 Å². The molecule has 5 rings (SSSR count). The number of hydrogen-bond acceptors (Lipinski definition) is 3. The summed E-state index contributed by atoms with van der Waals surface area (Å²) in [5.74, 6) is 1.93. The molecule has 2 amide bonds. The van der Waals surface area contributed by atoms with Gasteiger partial charge in [0.1, 0.15) is 5.75 Å². The van der Waals surface area contributed by atoms with E-state index >= 15 is 0 Å². The van der Waals surface area contributed by atoms with Crippen LogP contribution in [-0.2, 0) is 9.59 Å². The Kier molecular flexibility index (Phi) is 5.66. The highest BCUT2D eigenvalue weighted by Crippen LogP contribution is 2.64. The van der Waals surface area contributed by atoms with Crippen LogP contribution in [0, 0.1) is 17.3 Å². The number of carbonyl (C=O) groups excluding carboxylic acids is 2. The molecular formula is C23H31BrN2O3. The largest absolute Gasteiger partial charge is 0.495 e. The minimum absolute atomic E-state index is 0.0943. The molecule has 0 aromatic heterocycles. The first-order chi connectivity index (χ1) is 13.9. The maximum absolute atomic E-state index is 13.7. The number of nitrogens with one attached hydrogen (secondary N) is 1. The third-order valence-electron chi connectivity index (χ3n) is 6.94. The molecule has 4 saturated carbocycles. The van der Waals surface area contributed by atoms with E-state index in [0.29, 0.717) is 29.8 Å². The Morgan fingerprint density at radius 1 is 1.21 bits per heavy atom. The van der Waals surface area contributed by atoms with Crippen LogP contribution in [0.25, 0.3) is 0 Å². The maximum atomic E-state index is 13.7. The average molecular weight is 463 g/mol. The first kappa shape index (κ1) is 20.7. The van der Waals surface area contributed by atoms with Crippen LogP contribution < -0.4 is 10.1 Å². The Labute approximate surface area is 181 Å². The third-order valence-corrected chi connectivity index (χ3v) is 7.87. The number of ether oxygens (including phenoxy) is 1. The van der Waals surface area contributed by atoms with Crippen molar-refractivity contribution >= 4 is 33.4 Å². The molecule has 0 aliphatic heterocycles. The molecule has 0 heterocycles. The predicted octanol–water partition coefficient (Wildman–Crippen LogP) is 4.61. The molecule has 6 heteroatoms. The first-order valence-electron chi connectivity index (χ1n) is 10.8. The van der Waals surface area contributed by atoms with Crippen molar-refractivity contribution in [3.05, 3.63) is 24.3 Å². The second kappa shape index (κ2) is 7.93. The molecule has 2 atom stereocenters. The quantitative estimate of drug-likeness (QED) is 0.601. The summed E-state index contributed by atoms with van der Waals surface area (Å²) in [6.07, 6.45) is 7.40. The van der Waals surface area contributed by atoms with Crippen LogP contribution in [0.3, 0.4) is 0 Å². The summed E-state index contributed by atoms with van der Waals surface area (Å²) >= 11 is 4.00. The van der Waals surface area contributed by atoms with Crippen LogP contribution in [0.4, 0.5) is 5.69 Å². The molecule has 4 aliphatic rings. The minimum atomic E-state index is -0.284. The van der Waals surface area contributed by atoms with Crippen molar-refractivity contribution in [3.63, 3.8) is 0 Å². The summed E-state index contributed by atoms with van der Waals surface area (Å²) in [5, 5.41) is 2.92. The predicted molar refractivity (Wildman–Crippen MR) is 117 cm³/mol. The highest BCUT2D eigenvalue weighted by molar-refractivity contribution is 9.10. The van der Waals surface area contributed by atoms with Crippen molar-refractivity contribution in [2.45, 2.75) is 56.2 Å². The molecule has 0 saturated heterocycles. The zero-order valence-corrected chi connectivity index (χ0v) is 19.0. The zero-order valence-electron chi connectivity index (χ0n) is 17.4. The van der Waals surface area contributed by atoms with Crippen molar-refractivity contribution in [1.29, 1.82) is 0 Å². The molecule has 158 valence electrons. The topological polar surface area (TPSA) is 58.6 Å². The van der Waals surface area contributed by atoms with Gasteiger partial charge in [-0.3, -0.25) is 9.59 Å². The highest BCUT2D eigenvalue weighted by Gasteiger charge is 2.60. The number of amides is 2. The van der Waals surface area contributed by atoms with Gasteiger partial charge in [-0.25, -0.2) is 0 Å². The van der Waals surface area contributed by atoms with Gasteiger partial charge >= 0.3 is 0 Å². The van der Waals surface area contributed by atoms with E-state index in [1.54, 1.807) is 12.0 Å². The van der Waals surface area contributed by atoms with E-state index < -0.39 is 0 Å². The fourth-order valence-electron chi connectivity index (χ4n) is 6.37. The van der Waals surface area contributed by atoms with Crippen LogP contribution in [0.5, 0.6) is 5.75 Å². The van der Waals surface area contributed by atoms with Gasteiger partial charge in [0.05, 0.1) is 24.8 Å². The number of methoxy groups -OCH3 is 1. The Bertz CT molecular complexity index is 782. The maximum Gasteiger partial charge on any atom is 0.244 e. The monoisotopic (exact) mass is 462 g/mol. The second-order valence-corrected chi connectivity index (χ2v) is 11.0. The van der Waals surface area contributed by atoms with E-state index in [1.807, 2.05) is 24.3 Å². The standard InChI is InChI=1S/C23H31BrN2O3/c1-3-8-26(14-20(27)25-18-6-4-5-7-19(18)29-2)21(28)22-10-16-9-17(11-22)13-23(24,12-16)15-22/h4-7,16-17H,3,8-15H2,1-2H3,(H,25,27). The van der Waals surface area contributed by atoms with Gasteiger partial charge in [-0.1, -0.05) is 35.0 Å². The number of carbonyl (C=O) groups is 2. The summed E-state index contributed by atoms with van der Waals surface area (Å²) in [4.78, 5) is 28.3. The van der Waals surface area contributed by atoms with Crippen LogP contribution in [-0.4, -0.2) is 41.2 Å². The molecule has 0 spiro atoms. The van der Waals surface area contributed by atoms with E-state index in [1.165, 1.54) is 19.3 Å². The van der Waals surface area contributed by atoms with Crippen molar-refractivity contribution < 1.29 is 14.3 Å². The zero-order chi connectivity index (χ0) is 20.6. The lowest BCUT2D eigenvalue weighted by atomic mass is 9.49. The van der Waals surface area contributed by atoms with Crippen molar-refractivity contribution in [3.8, 4) is 5.75 Å². The average Bonchev–Trinajstić information content (AvgIpc) is 2.65. The normalized spacial score (nSPS) is 32.1. The van der Waals surface area contributed by atoms with Crippen molar-refractivity contribution in [2.75, 3.05) is 25.5 Å². The van der Waals surface area contributed by atoms with E-state index in [9.17, 15) is 9.59 Å². The number of halogens is 1. The minimum Gasteiger partial charge on any atom is -0.495 e. The Balaban J connectivity index is 1.49. The smallest absolute Gasteiger partial charge is 0.244 e. The molecule has 29 heavy (non-hydrogen) atoms. The number of benzene rings is 1. The van der Waals surface area contributed by atoms with Gasteiger partial charge in [0, 0.05) is 10.9 Å². The SMILES string of the molecule is CCCN(CC(=O)Nc1ccccc1OC)C(=O)C12CC3CC(CC(Br)(C3)C1)C2. The first-order valence-corrected chi connectivity index (χ1v) is 11.6. The Morgan fingerprint density at radius 3 is 2.52 bits per heavy atom. The summed E-state index contributed by atoms with van der Waals surface area (Å²) in [6.45, 7) is 2.77. The van der Waals surface area contributed by atoms with Crippen LogP contribution in [0.1, 0.15) is 51.9 Å². The van der Waals surface area contributed by atoms with Gasteiger partial charge in [-0.15, -0.1) is 0 Å². The van der Waals surface area contributed by atoms with Crippen LogP contribution >= 0.6 is 15.9 Å². The molecule has 1 aromatic rings. The Hall–Kier alpha value is -1.56. The molecule has 0 radical (unpaired) electrons. The number of anilines is 1. The number of para-hydroxylation sites is 2. The summed E-state index contributed by atoms with van der Waals surface area (Å²) in [5.41, 5.74) is 0.353. The summed E-state index contributed by atoms with van der Waals surface area (Å²) < 4.78 is 5.45. The number of rotatable bonds is 7. The molecular weight excluding hydrogens is 432 g/mol. The lowest BCUT2D eigenvalue weighted by Gasteiger charge is -2.60. The lowest BCUT2D eigenvalue weighted by Crippen LogP contribution is -2.59. The molecule has 1 aromatic carbocycles. The second-order valence-electron chi connectivity index (χ2n) is 9.37. The molecule has 4 fully saturated rings. The van der Waals surface area contributed by atoms with E-state index in [4.69, 9.17) is 4.74 Å². The van der Waals surface area contributed by atoms with Gasteiger partial charge in [0.15, 0.2) is 0 Å². The molecule has 5 nitrogen and oxygen atoms in total. The summed E-state index contributed by atoms with van der Waals surface area (Å²) in [6, 6.07) is 7.36. The number of alkyl halides is 1. The molecule has 1 N–H and O–H groups in total. The fourth-order valence-corrected chi connectivity index (χ4v) is 7.82. The molecule has 4 aliphatic carbocycles. The van der Waals surface area contributed by atoms with E-state index in [2.05, 4.69) is 28.2 Å². The fraction of sp³-hybridized carbons (Fsp3) is 0.652. The Morgan fingerprint density at radius 2 is 1.90 bits per heavy atom. The van der Waals surface area contributed by atoms with Gasteiger partial charge in [0.2, 0.25) is 11.8 Å². The third kappa shape index (κ3) is 4.05. The van der Waals surface area contributed by atoms with Gasteiger partial charge in [0.25, 0.3) is 0 Å². The van der Waals surface area contributed by atoms with E-state index in [0.717, 1.165) is 25.7 Å². The summed E-state index contributed by atoms with van der Waals surface area (Å²) in [7, 11) is 1.58. The van der Waals surface area contributed by atoms with Crippen molar-refractivity contribution in [1.82, 2.24) is 4.90 Å². The van der Waals surface area contributed by atoms with Gasteiger partial charge < -0.3 is 15.0 Å². The van der Waals surface area contributed by atoms with Gasteiger partial charge in [-0.2, -0.15) is 0 Å². The van der Waals surface area contributed by atoms with Crippen LogP contribution in [0.15, 0.2) is 24.3 Å². The number of nitrogens with zero attached hydrogens (tertiary/aromatic N) is 1. The highest BCUT2D eigenvalue weighted by atomic mass is 79.9. The molecule has 2 unspecified atom stereocenters.